The highest BCUT2D eigenvalue weighted by molar-refractivity contribution is 6.40. The molecule has 2 aromatic carbocycles. The molecule has 0 aromatic heterocycles. The summed E-state index contributed by atoms with van der Waals surface area (Å²) in [5.41, 5.74) is -0.208. The van der Waals surface area contributed by atoms with Crippen molar-refractivity contribution in [2.75, 3.05) is 12.4 Å². The highest BCUT2D eigenvalue weighted by atomic mass is 35.5. The zero-order valence-electron chi connectivity index (χ0n) is 11.6. The number of nitrogens with one attached hydrogen (secondary N) is 1. The molecule has 120 valence electrons. The molecule has 0 heterocycles. The molecular formula is C14H9Cl3N2O4. The van der Waals surface area contributed by atoms with Gasteiger partial charge < -0.3 is 10.1 Å². The molecule has 0 spiro atoms. The number of anilines is 2. The van der Waals surface area contributed by atoms with Gasteiger partial charge in [-0.2, -0.15) is 0 Å². The Morgan fingerprint density at radius 1 is 1.13 bits per heavy atom. The summed E-state index contributed by atoms with van der Waals surface area (Å²) in [6, 6.07) is 7.08. The van der Waals surface area contributed by atoms with Gasteiger partial charge in [0.15, 0.2) is 0 Å². The van der Waals surface area contributed by atoms with Crippen LogP contribution in [0.15, 0.2) is 30.3 Å². The van der Waals surface area contributed by atoms with E-state index >= 15 is 0 Å². The summed E-state index contributed by atoms with van der Waals surface area (Å²) in [5, 5.41) is 14.5. The normalized spacial score (nSPS) is 10.3. The van der Waals surface area contributed by atoms with E-state index in [1.54, 1.807) is 18.2 Å². The molecule has 0 unspecified atom stereocenters. The van der Waals surface area contributed by atoms with Gasteiger partial charge in [0.2, 0.25) is 0 Å². The van der Waals surface area contributed by atoms with Gasteiger partial charge in [0, 0.05) is 6.07 Å². The molecule has 0 saturated heterocycles. The average Bonchev–Trinajstić information content (AvgIpc) is 2.50. The van der Waals surface area contributed by atoms with Crippen LogP contribution in [0.1, 0.15) is 10.4 Å². The summed E-state index contributed by atoms with van der Waals surface area (Å²) in [6.07, 6.45) is 0. The minimum atomic E-state index is -0.739. The predicted molar refractivity (Wildman–Crippen MR) is 89.2 cm³/mol. The molecule has 9 heteroatoms. The number of halogens is 3. The number of hydrogen-bond acceptors (Lipinski definition) is 5. The van der Waals surface area contributed by atoms with E-state index in [0.29, 0.717) is 0 Å². The molecule has 1 N–H and O–H groups in total. The zero-order valence-corrected chi connectivity index (χ0v) is 13.9. The van der Waals surface area contributed by atoms with Crippen molar-refractivity contribution in [2.45, 2.75) is 0 Å². The van der Waals surface area contributed by atoms with Crippen molar-refractivity contribution in [1.82, 2.24) is 0 Å². The van der Waals surface area contributed by atoms with Gasteiger partial charge in [0.05, 0.1) is 38.4 Å². The summed E-state index contributed by atoms with van der Waals surface area (Å²) < 4.78 is 4.54. The van der Waals surface area contributed by atoms with Gasteiger partial charge in [-0.05, 0) is 18.2 Å². The lowest BCUT2D eigenvalue weighted by molar-refractivity contribution is -0.383. The first-order valence-corrected chi connectivity index (χ1v) is 7.25. The molecule has 2 rings (SSSR count). The number of para-hydroxylation sites is 1. The van der Waals surface area contributed by atoms with Crippen LogP contribution in [0.3, 0.4) is 0 Å². The van der Waals surface area contributed by atoms with Gasteiger partial charge in [-0.25, -0.2) is 4.79 Å². The summed E-state index contributed by atoms with van der Waals surface area (Å²) >= 11 is 18.1. The summed E-state index contributed by atoms with van der Waals surface area (Å²) in [7, 11) is 1.16. The number of benzene rings is 2. The van der Waals surface area contributed by atoms with Crippen LogP contribution in [0.25, 0.3) is 0 Å². The van der Waals surface area contributed by atoms with Crippen molar-refractivity contribution in [2.24, 2.45) is 0 Å². The quantitative estimate of drug-likeness (QED) is 0.457. The van der Waals surface area contributed by atoms with Gasteiger partial charge >= 0.3 is 5.97 Å². The Balaban J connectivity index is 2.58. The van der Waals surface area contributed by atoms with E-state index in [1.165, 1.54) is 6.07 Å². The molecular weight excluding hydrogens is 367 g/mol. The third-order valence-corrected chi connectivity index (χ3v) is 3.83. The lowest BCUT2D eigenvalue weighted by Crippen LogP contribution is -2.05. The fourth-order valence-electron chi connectivity index (χ4n) is 1.84. The minimum Gasteiger partial charge on any atom is -0.465 e. The van der Waals surface area contributed by atoms with Gasteiger partial charge in [-0.3, -0.25) is 10.1 Å². The highest BCUT2D eigenvalue weighted by Crippen LogP contribution is 2.40. The van der Waals surface area contributed by atoms with E-state index in [-0.39, 0.29) is 32.0 Å². The summed E-state index contributed by atoms with van der Waals surface area (Å²) in [6.45, 7) is 0. The number of carbonyl (C=O) groups excluding carboxylic acids is 1. The Morgan fingerprint density at radius 2 is 1.74 bits per heavy atom. The van der Waals surface area contributed by atoms with Crippen molar-refractivity contribution in [3.8, 4) is 0 Å². The monoisotopic (exact) mass is 374 g/mol. The SMILES string of the molecule is COC(=O)c1cc(Cl)c(Nc2c(Cl)cccc2Cl)c([N+](=O)[O-])c1. The largest absolute Gasteiger partial charge is 0.465 e. The van der Waals surface area contributed by atoms with Crippen molar-refractivity contribution in [1.29, 1.82) is 0 Å². The van der Waals surface area contributed by atoms with Crippen LogP contribution in [0.2, 0.25) is 15.1 Å². The first-order valence-electron chi connectivity index (χ1n) is 6.12. The van der Waals surface area contributed by atoms with Crippen LogP contribution in [-0.4, -0.2) is 18.0 Å². The number of carbonyl (C=O) groups is 1. The second-order valence-corrected chi connectivity index (χ2v) is 5.54. The first kappa shape index (κ1) is 17.3. The molecule has 0 saturated carbocycles. The van der Waals surface area contributed by atoms with Gasteiger partial charge in [-0.1, -0.05) is 40.9 Å². The number of hydrogen-bond donors (Lipinski definition) is 1. The topological polar surface area (TPSA) is 81.5 Å². The van der Waals surface area contributed by atoms with E-state index in [4.69, 9.17) is 34.8 Å². The number of nitro groups is 1. The molecule has 0 radical (unpaired) electrons. The van der Waals surface area contributed by atoms with Crippen molar-refractivity contribution in [3.63, 3.8) is 0 Å². The van der Waals surface area contributed by atoms with E-state index < -0.39 is 16.6 Å². The Labute approximate surface area is 146 Å². The molecule has 0 amide bonds. The maximum absolute atomic E-state index is 11.6. The molecule has 6 nitrogen and oxygen atoms in total. The molecule has 0 aliphatic carbocycles. The smallest absolute Gasteiger partial charge is 0.338 e. The third kappa shape index (κ3) is 3.67. The van der Waals surface area contributed by atoms with Gasteiger partial charge in [-0.15, -0.1) is 0 Å². The Hall–Kier alpha value is -2.02. The zero-order chi connectivity index (χ0) is 17.1. The average molecular weight is 376 g/mol. The fourth-order valence-corrected chi connectivity index (χ4v) is 2.59. The van der Waals surface area contributed by atoms with Gasteiger partial charge in [0.1, 0.15) is 5.69 Å². The summed E-state index contributed by atoms with van der Waals surface area (Å²) in [5.74, 6) is -0.739. The molecule has 0 atom stereocenters. The van der Waals surface area contributed by atoms with Crippen LogP contribution in [0, 0.1) is 10.1 Å². The molecule has 0 aliphatic rings. The minimum absolute atomic E-state index is 0.0284. The standard InChI is InChI=1S/C14H9Cl3N2O4/c1-23-14(20)7-5-10(17)13(11(6-7)19(21)22)18-12-8(15)3-2-4-9(12)16/h2-6,18H,1H3. The molecule has 0 aliphatic heterocycles. The van der Waals surface area contributed by atoms with Crippen LogP contribution < -0.4 is 5.32 Å². The van der Waals surface area contributed by atoms with E-state index in [0.717, 1.165) is 13.2 Å². The van der Waals surface area contributed by atoms with Crippen LogP contribution in [-0.2, 0) is 4.74 Å². The predicted octanol–water partition coefficient (Wildman–Crippen LogP) is 5.09. The molecule has 2 aromatic rings. The number of ether oxygens (including phenoxy) is 1. The van der Waals surface area contributed by atoms with Crippen molar-refractivity contribution < 1.29 is 14.5 Å². The first-order chi connectivity index (χ1) is 10.8. The van der Waals surface area contributed by atoms with E-state index in [9.17, 15) is 14.9 Å². The Morgan fingerprint density at radius 3 is 2.26 bits per heavy atom. The second-order valence-electron chi connectivity index (χ2n) is 4.32. The Bertz CT molecular complexity index is 776. The number of rotatable bonds is 4. The number of nitrogens with zero attached hydrogens (tertiary/aromatic N) is 1. The third-order valence-electron chi connectivity index (χ3n) is 2.90. The number of esters is 1. The second kappa shape index (κ2) is 7.04. The van der Waals surface area contributed by atoms with Crippen LogP contribution in [0.4, 0.5) is 17.1 Å². The van der Waals surface area contributed by atoms with Crippen LogP contribution >= 0.6 is 34.8 Å². The lowest BCUT2D eigenvalue weighted by Gasteiger charge is -2.13. The maximum atomic E-state index is 11.6. The van der Waals surface area contributed by atoms with Gasteiger partial charge in [0.25, 0.3) is 5.69 Å². The molecule has 23 heavy (non-hydrogen) atoms. The fraction of sp³-hybridized carbons (Fsp3) is 0.0714. The molecule has 0 fully saturated rings. The highest BCUT2D eigenvalue weighted by Gasteiger charge is 2.23. The van der Waals surface area contributed by atoms with E-state index in [2.05, 4.69) is 10.1 Å². The molecule has 0 bridgehead atoms. The number of nitro benzene ring substituents is 1. The van der Waals surface area contributed by atoms with Crippen LogP contribution in [0.5, 0.6) is 0 Å². The number of methoxy groups -OCH3 is 1. The lowest BCUT2D eigenvalue weighted by atomic mass is 10.1. The maximum Gasteiger partial charge on any atom is 0.338 e. The van der Waals surface area contributed by atoms with Crippen molar-refractivity contribution >= 4 is 57.8 Å². The van der Waals surface area contributed by atoms with Crippen molar-refractivity contribution in [3.05, 3.63) is 61.1 Å². The summed E-state index contributed by atoms with van der Waals surface area (Å²) in [4.78, 5) is 22.2. The Kier molecular flexibility index (Phi) is 5.30. The van der Waals surface area contributed by atoms with E-state index in [1.807, 2.05) is 0 Å².